The van der Waals surface area contributed by atoms with E-state index in [0.29, 0.717) is 0 Å². The monoisotopic (exact) mass is 266 g/mol. The molecule has 0 radical (unpaired) electrons. The first kappa shape index (κ1) is 14.7. The third-order valence-corrected chi connectivity index (χ3v) is 2.19. The van der Waals surface area contributed by atoms with E-state index in [1.54, 1.807) is 12.1 Å². The van der Waals surface area contributed by atoms with E-state index < -0.39 is 24.0 Å². The molecule has 0 fully saturated rings. The molecule has 19 heavy (non-hydrogen) atoms. The molecule has 1 unspecified atom stereocenters. The molecule has 0 saturated heterocycles. The van der Waals surface area contributed by atoms with Crippen LogP contribution >= 0.6 is 0 Å². The molecule has 0 spiro atoms. The quantitative estimate of drug-likeness (QED) is 0.456. The number of hydrogen-bond acceptors (Lipinski definition) is 6. The molecule has 1 atom stereocenters. The minimum Gasteiger partial charge on any atom is -0.461 e. The summed E-state index contributed by atoms with van der Waals surface area (Å²) in [6, 6.07) is 9.04. The first-order chi connectivity index (χ1) is 9.04. The zero-order valence-corrected chi connectivity index (χ0v) is 10.6. The van der Waals surface area contributed by atoms with Gasteiger partial charge in [-0.25, -0.2) is 14.4 Å². The summed E-state index contributed by atoms with van der Waals surface area (Å²) in [5.74, 6) is -3.13. The molecule has 0 amide bonds. The van der Waals surface area contributed by atoms with Crippen molar-refractivity contribution in [2.24, 2.45) is 0 Å². The van der Waals surface area contributed by atoms with Crippen molar-refractivity contribution in [2.75, 3.05) is 7.11 Å². The van der Waals surface area contributed by atoms with Gasteiger partial charge in [-0.1, -0.05) is 30.3 Å². The van der Waals surface area contributed by atoms with Crippen LogP contribution in [-0.2, 0) is 35.2 Å². The first-order valence-corrected chi connectivity index (χ1v) is 5.54. The summed E-state index contributed by atoms with van der Waals surface area (Å²) in [4.78, 5) is 33.4. The van der Waals surface area contributed by atoms with Crippen LogP contribution in [0.2, 0.25) is 0 Å². The second kappa shape index (κ2) is 7.15. The van der Waals surface area contributed by atoms with Crippen LogP contribution in [0.4, 0.5) is 0 Å². The topological polar surface area (TPSA) is 78.9 Å². The second-order valence-electron chi connectivity index (χ2n) is 3.63. The standard InChI is InChI=1S/C13H14O6/c1-9(19-13(16)12(15)17-2)11(14)18-8-10-6-4-3-5-7-10/h3-7,9H,8H2,1-2H3. The Balaban J connectivity index is 2.41. The summed E-state index contributed by atoms with van der Waals surface area (Å²) in [5, 5.41) is 0. The highest BCUT2D eigenvalue weighted by Crippen LogP contribution is 2.03. The van der Waals surface area contributed by atoms with Crippen molar-refractivity contribution in [3.8, 4) is 0 Å². The molecular weight excluding hydrogens is 252 g/mol. The Morgan fingerprint density at radius 2 is 1.74 bits per heavy atom. The Morgan fingerprint density at radius 1 is 1.11 bits per heavy atom. The number of carbonyl (C=O) groups is 3. The summed E-state index contributed by atoms with van der Waals surface area (Å²) in [6.07, 6.45) is -1.17. The molecule has 0 aliphatic heterocycles. The van der Waals surface area contributed by atoms with Crippen LogP contribution in [0.3, 0.4) is 0 Å². The predicted molar refractivity (Wildman–Crippen MR) is 63.8 cm³/mol. The van der Waals surface area contributed by atoms with E-state index in [9.17, 15) is 14.4 Å². The van der Waals surface area contributed by atoms with Gasteiger partial charge in [0.25, 0.3) is 0 Å². The molecule has 0 aliphatic carbocycles. The number of hydrogen-bond donors (Lipinski definition) is 0. The summed E-state index contributed by atoms with van der Waals surface area (Å²) in [6.45, 7) is 1.38. The lowest BCUT2D eigenvalue weighted by Gasteiger charge is -2.11. The van der Waals surface area contributed by atoms with Gasteiger partial charge in [0.05, 0.1) is 7.11 Å². The van der Waals surface area contributed by atoms with Gasteiger partial charge in [0, 0.05) is 0 Å². The van der Waals surface area contributed by atoms with E-state index >= 15 is 0 Å². The molecule has 1 aromatic rings. The van der Waals surface area contributed by atoms with Crippen molar-refractivity contribution in [2.45, 2.75) is 19.6 Å². The molecule has 0 bridgehead atoms. The highest BCUT2D eigenvalue weighted by atomic mass is 16.6. The molecule has 6 heteroatoms. The number of rotatable bonds is 4. The van der Waals surface area contributed by atoms with E-state index in [1.165, 1.54) is 6.92 Å². The smallest absolute Gasteiger partial charge is 0.418 e. The fourth-order valence-electron chi connectivity index (χ4n) is 1.19. The fraction of sp³-hybridized carbons (Fsp3) is 0.308. The maximum absolute atomic E-state index is 11.5. The van der Waals surface area contributed by atoms with Crippen molar-refractivity contribution in [1.82, 2.24) is 0 Å². The van der Waals surface area contributed by atoms with Crippen LogP contribution in [0.1, 0.15) is 12.5 Å². The Kier molecular flexibility index (Phi) is 5.53. The summed E-state index contributed by atoms with van der Waals surface area (Å²) in [5.41, 5.74) is 0.808. The van der Waals surface area contributed by atoms with Crippen molar-refractivity contribution < 1.29 is 28.6 Å². The lowest BCUT2D eigenvalue weighted by atomic mass is 10.2. The Morgan fingerprint density at radius 3 is 2.32 bits per heavy atom. The van der Waals surface area contributed by atoms with Crippen LogP contribution in [0, 0.1) is 0 Å². The largest absolute Gasteiger partial charge is 0.461 e. The van der Waals surface area contributed by atoms with Gasteiger partial charge in [0.15, 0.2) is 6.10 Å². The molecule has 6 nitrogen and oxygen atoms in total. The number of esters is 3. The van der Waals surface area contributed by atoms with Gasteiger partial charge in [0.1, 0.15) is 6.61 Å². The lowest BCUT2D eigenvalue weighted by molar-refractivity contribution is -0.176. The summed E-state index contributed by atoms with van der Waals surface area (Å²) < 4.78 is 13.7. The minimum atomic E-state index is -1.23. The number of ether oxygens (including phenoxy) is 3. The third kappa shape index (κ3) is 4.79. The van der Waals surface area contributed by atoms with E-state index in [4.69, 9.17) is 4.74 Å². The normalized spacial score (nSPS) is 11.3. The molecule has 102 valence electrons. The third-order valence-electron chi connectivity index (χ3n) is 2.19. The number of methoxy groups -OCH3 is 1. The number of carbonyl (C=O) groups excluding carboxylic acids is 3. The van der Waals surface area contributed by atoms with Crippen LogP contribution in [0.25, 0.3) is 0 Å². The van der Waals surface area contributed by atoms with Crippen LogP contribution in [0.15, 0.2) is 30.3 Å². The average Bonchev–Trinajstić information content (AvgIpc) is 2.44. The van der Waals surface area contributed by atoms with Gasteiger partial charge in [0.2, 0.25) is 0 Å². The highest BCUT2D eigenvalue weighted by molar-refractivity contribution is 6.29. The molecule has 0 aliphatic rings. The molecule has 1 aromatic carbocycles. The molecule has 0 saturated carbocycles. The van der Waals surface area contributed by atoms with Gasteiger partial charge in [-0.05, 0) is 12.5 Å². The molecule has 0 N–H and O–H groups in total. The van der Waals surface area contributed by atoms with Crippen molar-refractivity contribution in [3.05, 3.63) is 35.9 Å². The van der Waals surface area contributed by atoms with Gasteiger partial charge >= 0.3 is 17.9 Å². The van der Waals surface area contributed by atoms with Gasteiger partial charge in [-0.3, -0.25) is 0 Å². The van der Waals surface area contributed by atoms with Gasteiger partial charge < -0.3 is 14.2 Å². The van der Waals surface area contributed by atoms with E-state index in [-0.39, 0.29) is 6.61 Å². The number of benzene rings is 1. The van der Waals surface area contributed by atoms with Crippen LogP contribution in [-0.4, -0.2) is 31.1 Å². The predicted octanol–water partition coefficient (Wildman–Crippen LogP) is 0.834. The Bertz CT molecular complexity index is 453. The lowest BCUT2D eigenvalue weighted by Crippen LogP contribution is -2.30. The second-order valence-corrected chi connectivity index (χ2v) is 3.63. The highest BCUT2D eigenvalue weighted by Gasteiger charge is 2.24. The molecule has 0 aromatic heterocycles. The zero-order valence-electron chi connectivity index (χ0n) is 10.6. The van der Waals surface area contributed by atoms with Crippen molar-refractivity contribution in [3.63, 3.8) is 0 Å². The van der Waals surface area contributed by atoms with Crippen LogP contribution in [0.5, 0.6) is 0 Å². The Labute approximate surface area is 110 Å². The summed E-state index contributed by atoms with van der Waals surface area (Å²) in [7, 11) is 1.04. The average molecular weight is 266 g/mol. The Hall–Kier alpha value is -2.37. The van der Waals surface area contributed by atoms with E-state index in [1.807, 2.05) is 18.2 Å². The molecular formula is C13H14O6. The zero-order chi connectivity index (χ0) is 14.3. The molecule has 1 rings (SSSR count). The maximum atomic E-state index is 11.5. The SMILES string of the molecule is COC(=O)C(=O)OC(C)C(=O)OCc1ccccc1. The van der Waals surface area contributed by atoms with E-state index in [0.717, 1.165) is 12.7 Å². The fourth-order valence-corrected chi connectivity index (χ4v) is 1.19. The van der Waals surface area contributed by atoms with Crippen molar-refractivity contribution in [1.29, 1.82) is 0 Å². The summed E-state index contributed by atoms with van der Waals surface area (Å²) >= 11 is 0. The first-order valence-electron chi connectivity index (χ1n) is 5.54. The van der Waals surface area contributed by atoms with Gasteiger partial charge in [-0.2, -0.15) is 0 Å². The molecule has 0 heterocycles. The van der Waals surface area contributed by atoms with Crippen LogP contribution < -0.4 is 0 Å². The minimum absolute atomic E-state index is 0.0692. The van der Waals surface area contributed by atoms with Gasteiger partial charge in [-0.15, -0.1) is 0 Å². The van der Waals surface area contributed by atoms with E-state index in [2.05, 4.69) is 9.47 Å². The van der Waals surface area contributed by atoms with Crippen molar-refractivity contribution >= 4 is 17.9 Å². The maximum Gasteiger partial charge on any atom is 0.418 e.